The molecule has 4 fully saturated rings. The normalized spacial score (nSPS) is 44.5. The Balaban J connectivity index is 1.73. The van der Waals surface area contributed by atoms with Gasteiger partial charge >= 0.3 is 5.97 Å². The molecule has 0 aromatic rings. The number of nitrogens with two attached hydrogens (primary N) is 1. The lowest BCUT2D eigenvalue weighted by molar-refractivity contribution is -0.239. The van der Waals surface area contributed by atoms with E-state index >= 15 is 0 Å². The summed E-state index contributed by atoms with van der Waals surface area (Å²) in [6.07, 6.45) is 7.50. The standard InChI is InChI=1S/C34H60N2O5/c1-20(2)10-8-11-23(31(40)36-17-9-16-35)29-25-18-27(39)30-32(5)14-13-26(38)21(3)24(32)12-15-33(30,6)34(25,7)19-28(29)41-22(4)37/h20-21,23-30,38-39H,8-19,35H2,1-7H3,(H,36,40)/t21-,23-,24?,25?,26+,27+,28-,29-,30?,32-,33-,34-/m0/s1. The van der Waals surface area contributed by atoms with Crippen molar-refractivity contribution in [1.82, 2.24) is 5.32 Å². The SMILES string of the molecule is CC(=O)O[C@H]1C[C@@]2(C)C(C[C@@H](O)C3[C@@]4(C)CC[C@@H](O)[C@@H](C)C4CC[C@@]32C)[C@@H]1[C@H](CCCC(C)C)C(=O)NCCCN. The molecular formula is C34H60N2O5. The second kappa shape index (κ2) is 12.4. The van der Waals surface area contributed by atoms with Crippen LogP contribution in [-0.4, -0.2) is 53.5 Å². The molecule has 0 aromatic heterocycles. The fourth-order valence-electron chi connectivity index (χ4n) is 11.0. The highest BCUT2D eigenvalue weighted by Gasteiger charge is 2.72. The Morgan fingerprint density at radius 2 is 1.71 bits per heavy atom. The highest BCUT2D eigenvalue weighted by atomic mass is 16.5. The first-order valence-electron chi connectivity index (χ1n) is 16.7. The zero-order valence-corrected chi connectivity index (χ0v) is 27.0. The van der Waals surface area contributed by atoms with E-state index in [9.17, 15) is 19.8 Å². The van der Waals surface area contributed by atoms with Crippen LogP contribution in [0.3, 0.4) is 0 Å². The van der Waals surface area contributed by atoms with Crippen LogP contribution in [0, 0.1) is 57.7 Å². The number of aliphatic hydroxyl groups excluding tert-OH is 2. The van der Waals surface area contributed by atoms with Crippen molar-refractivity contribution in [2.45, 2.75) is 131 Å². The first-order chi connectivity index (χ1) is 19.2. The summed E-state index contributed by atoms with van der Waals surface area (Å²) in [7, 11) is 0. The summed E-state index contributed by atoms with van der Waals surface area (Å²) in [5.41, 5.74) is 5.34. The quantitative estimate of drug-likeness (QED) is 0.213. The topological polar surface area (TPSA) is 122 Å². The van der Waals surface area contributed by atoms with Crippen molar-refractivity contribution in [2.75, 3.05) is 13.1 Å². The Hall–Kier alpha value is -1.18. The van der Waals surface area contributed by atoms with Crippen LogP contribution in [0.25, 0.3) is 0 Å². The Kier molecular flexibility index (Phi) is 9.93. The van der Waals surface area contributed by atoms with Gasteiger partial charge in [-0.2, -0.15) is 0 Å². The molecule has 4 rings (SSSR count). The molecule has 0 aromatic carbocycles. The van der Waals surface area contributed by atoms with Gasteiger partial charge in [0.2, 0.25) is 5.91 Å². The van der Waals surface area contributed by atoms with Crippen LogP contribution in [0.2, 0.25) is 0 Å². The molecule has 3 unspecified atom stereocenters. The maximum Gasteiger partial charge on any atom is 0.302 e. The molecule has 1 amide bonds. The van der Waals surface area contributed by atoms with Gasteiger partial charge in [0, 0.05) is 25.3 Å². The van der Waals surface area contributed by atoms with E-state index in [1.165, 1.54) is 6.92 Å². The largest absolute Gasteiger partial charge is 0.462 e. The Morgan fingerprint density at radius 1 is 1.00 bits per heavy atom. The van der Waals surface area contributed by atoms with Crippen LogP contribution in [0.1, 0.15) is 113 Å². The lowest BCUT2D eigenvalue weighted by atomic mass is 9.36. The van der Waals surface area contributed by atoms with E-state index < -0.39 is 6.10 Å². The minimum atomic E-state index is -0.483. The van der Waals surface area contributed by atoms with Crippen molar-refractivity contribution in [3.8, 4) is 0 Å². The number of aliphatic hydroxyl groups is 2. The maximum absolute atomic E-state index is 13.9. The first kappa shape index (κ1) is 32.7. The predicted molar refractivity (Wildman–Crippen MR) is 162 cm³/mol. The van der Waals surface area contributed by atoms with E-state index in [0.29, 0.717) is 31.3 Å². The van der Waals surface area contributed by atoms with Gasteiger partial charge in [-0.1, -0.05) is 54.4 Å². The van der Waals surface area contributed by atoms with Gasteiger partial charge in [-0.25, -0.2) is 0 Å². The number of hydrogen-bond donors (Lipinski definition) is 4. The van der Waals surface area contributed by atoms with Crippen molar-refractivity contribution in [3.63, 3.8) is 0 Å². The van der Waals surface area contributed by atoms with E-state index in [4.69, 9.17) is 10.5 Å². The molecule has 41 heavy (non-hydrogen) atoms. The molecule has 0 radical (unpaired) electrons. The van der Waals surface area contributed by atoms with Crippen LogP contribution >= 0.6 is 0 Å². The summed E-state index contributed by atoms with van der Waals surface area (Å²) in [5, 5.41) is 26.0. The summed E-state index contributed by atoms with van der Waals surface area (Å²) in [6, 6.07) is 0. The molecule has 4 aliphatic carbocycles. The lowest BCUT2D eigenvalue weighted by Gasteiger charge is -2.69. The summed E-state index contributed by atoms with van der Waals surface area (Å²) in [4.78, 5) is 26.3. The molecule has 7 nitrogen and oxygen atoms in total. The van der Waals surface area contributed by atoms with Crippen molar-refractivity contribution in [2.24, 2.45) is 63.4 Å². The molecule has 7 heteroatoms. The minimum Gasteiger partial charge on any atom is -0.462 e. The van der Waals surface area contributed by atoms with Gasteiger partial charge in [0.25, 0.3) is 0 Å². The predicted octanol–water partition coefficient (Wildman–Crippen LogP) is 5.06. The average Bonchev–Trinajstić information content (AvgIpc) is 3.15. The summed E-state index contributed by atoms with van der Waals surface area (Å²) in [5.74, 6) is 0.712. The van der Waals surface area contributed by atoms with E-state index in [1.807, 2.05) is 0 Å². The van der Waals surface area contributed by atoms with Gasteiger partial charge in [-0.3, -0.25) is 9.59 Å². The van der Waals surface area contributed by atoms with Gasteiger partial charge in [-0.05, 0) is 104 Å². The molecule has 0 aliphatic heterocycles. The van der Waals surface area contributed by atoms with Crippen molar-refractivity contribution < 1.29 is 24.5 Å². The molecule has 12 atom stereocenters. The molecular weight excluding hydrogens is 516 g/mol. The zero-order valence-electron chi connectivity index (χ0n) is 27.0. The van der Waals surface area contributed by atoms with Crippen molar-refractivity contribution in [1.29, 1.82) is 0 Å². The number of esters is 1. The number of fused-ring (bicyclic) bond motifs is 5. The molecule has 0 spiro atoms. The van der Waals surface area contributed by atoms with Crippen LogP contribution in [0.5, 0.6) is 0 Å². The lowest BCUT2D eigenvalue weighted by Crippen LogP contribution is -2.66. The molecule has 0 saturated heterocycles. The van der Waals surface area contributed by atoms with E-state index in [1.54, 1.807) is 0 Å². The van der Waals surface area contributed by atoms with Gasteiger partial charge in [-0.15, -0.1) is 0 Å². The van der Waals surface area contributed by atoms with E-state index in [2.05, 4.69) is 46.9 Å². The van der Waals surface area contributed by atoms with E-state index in [-0.39, 0.29) is 69.9 Å². The Labute approximate surface area is 249 Å². The highest BCUT2D eigenvalue weighted by molar-refractivity contribution is 5.79. The molecule has 4 saturated carbocycles. The fraction of sp³-hybridized carbons (Fsp3) is 0.941. The number of carbonyl (C=O) groups excluding carboxylic acids is 2. The Morgan fingerprint density at radius 3 is 2.34 bits per heavy atom. The monoisotopic (exact) mass is 576 g/mol. The molecule has 0 heterocycles. The van der Waals surface area contributed by atoms with Crippen molar-refractivity contribution in [3.05, 3.63) is 0 Å². The summed E-state index contributed by atoms with van der Waals surface area (Å²) >= 11 is 0. The van der Waals surface area contributed by atoms with Crippen LogP contribution in [0.15, 0.2) is 0 Å². The third kappa shape index (κ3) is 5.73. The highest BCUT2D eigenvalue weighted by Crippen LogP contribution is 2.74. The fourth-order valence-corrected chi connectivity index (χ4v) is 11.0. The number of hydrogen-bond acceptors (Lipinski definition) is 6. The smallest absolute Gasteiger partial charge is 0.302 e. The number of carbonyl (C=O) groups is 2. The van der Waals surface area contributed by atoms with Gasteiger partial charge in [0.05, 0.1) is 12.2 Å². The van der Waals surface area contributed by atoms with Gasteiger partial charge < -0.3 is 26.0 Å². The average molecular weight is 577 g/mol. The molecule has 236 valence electrons. The third-order valence-electron chi connectivity index (χ3n) is 13.1. The minimum absolute atomic E-state index is 0.0427. The number of ether oxygens (including phenoxy) is 1. The second-order valence-electron chi connectivity index (χ2n) is 15.6. The second-order valence-corrected chi connectivity index (χ2v) is 15.6. The Bertz CT molecular complexity index is 942. The summed E-state index contributed by atoms with van der Waals surface area (Å²) < 4.78 is 6.13. The van der Waals surface area contributed by atoms with Gasteiger partial charge in [0.1, 0.15) is 6.10 Å². The molecule has 4 aliphatic rings. The molecule has 5 N–H and O–H groups in total. The third-order valence-corrected chi connectivity index (χ3v) is 13.1. The number of rotatable bonds is 10. The van der Waals surface area contributed by atoms with Crippen LogP contribution < -0.4 is 11.1 Å². The van der Waals surface area contributed by atoms with Crippen molar-refractivity contribution >= 4 is 11.9 Å². The molecule has 0 bridgehead atoms. The first-order valence-corrected chi connectivity index (χ1v) is 16.7. The van der Waals surface area contributed by atoms with Crippen LogP contribution in [-0.2, 0) is 14.3 Å². The van der Waals surface area contributed by atoms with Crippen LogP contribution in [0.4, 0.5) is 0 Å². The number of nitrogens with one attached hydrogen (secondary N) is 1. The van der Waals surface area contributed by atoms with E-state index in [0.717, 1.165) is 57.8 Å². The number of amides is 1. The van der Waals surface area contributed by atoms with Gasteiger partial charge in [0.15, 0.2) is 0 Å². The zero-order chi connectivity index (χ0) is 30.3. The summed E-state index contributed by atoms with van der Waals surface area (Å²) in [6.45, 7) is 16.3. The maximum atomic E-state index is 13.9.